The number of carbonyl (C=O) groups excluding carboxylic acids is 1. The van der Waals surface area contributed by atoms with Crippen molar-refractivity contribution in [2.24, 2.45) is 0 Å². The third-order valence-corrected chi connectivity index (χ3v) is 16.4. The smallest absolute Gasteiger partial charge is 0.501 e. The van der Waals surface area contributed by atoms with Gasteiger partial charge in [-0.1, -0.05) is 27.2 Å². The number of likely N-dealkylation sites (tertiary alicyclic amines) is 1. The molecule has 0 amide bonds. The molecule has 13 heteroatoms. The molecule has 2 heterocycles. The maximum atomic E-state index is 14.2. The molecule has 1 N–H and O–H groups in total. The van der Waals surface area contributed by atoms with Crippen LogP contribution in [0.25, 0.3) is 20.5 Å². The summed E-state index contributed by atoms with van der Waals surface area (Å²) in [7, 11) is -7.94. The zero-order chi connectivity index (χ0) is 35.9. The standard InChI is InChI=1S/C36H42F3NO6S2Si/c1-23-20-26(46-49(5,6)35(2,3)4)14-15-28(23)34-32(31-29(41)21-27(22-30(31)47-34)48(43,44)36(37,38)39)33(42)24-10-12-25(13-11-24)45-19-18-40-16-8-7-9-17-40/h10-15,20-22,41H,7-9,16-19H2,1-6H3. The van der Waals surface area contributed by atoms with E-state index in [1.165, 1.54) is 19.3 Å². The van der Waals surface area contributed by atoms with Crippen LogP contribution in [0.15, 0.2) is 59.5 Å². The highest BCUT2D eigenvalue weighted by atomic mass is 32.2. The molecule has 0 spiro atoms. The van der Waals surface area contributed by atoms with Crippen molar-refractivity contribution in [2.45, 2.75) is 75.5 Å². The number of ketones is 1. The number of carbonyl (C=O) groups is 1. The minimum atomic E-state index is -5.76. The number of alkyl halides is 3. The van der Waals surface area contributed by atoms with Crippen LogP contribution in [-0.4, -0.2) is 64.3 Å². The zero-order valence-corrected chi connectivity index (χ0v) is 31.2. The summed E-state index contributed by atoms with van der Waals surface area (Å²) in [6.45, 7) is 15.9. The topological polar surface area (TPSA) is 93.1 Å². The van der Waals surface area contributed by atoms with Crippen LogP contribution in [0.4, 0.5) is 13.2 Å². The number of hydrogen-bond acceptors (Lipinski definition) is 8. The summed E-state index contributed by atoms with van der Waals surface area (Å²) >= 11 is 0.946. The summed E-state index contributed by atoms with van der Waals surface area (Å²) in [5.41, 5.74) is -3.90. The van der Waals surface area contributed by atoms with Crippen molar-refractivity contribution in [1.29, 1.82) is 0 Å². The van der Waals surface area contributed by atoms with Crippen LogP contribution < -0.4 is 9.16 Å². The molecule has 0 radical (unpaired) electrons. The van der Waals surface area contributed by atoms with Gasteiger partial charge in [0.05, 0.1) is 10.5 Å². The first-order valence-electron chi connectivity index (χ1n) is 16.2. The molecular formula is C36H42F3NO6S2Si. The Hall–Kier alpha value is -3.39. The molecule has 0 atom stereocenters. The van der Waals surface area contributed by atoms with Crippen molar-refractivity contribution >= 4 is 45.4 Å². The Morgan fingerprint density at radius 1 is 0.959 bits per heavy atom. The molecule has 5 rings (SSSR count). The van der Waals surface area contributed by atoms with Gasteiger partial charge in [0.25, 0.3) is 9.84 Å². The zero-order valence-electron chi connectivity index (χ0n) is 28.5. The number of fused-ring (bicyclic) bond motifs is 1. The molecule has 0 unspecified atom stereocenters. The van der Waals surface area contributed by atoms with Gasteiger partial charge in [-0.3, -0.25) is 9.69 Å². The van der Waals surface area contributed by atoms with Crippen LogP contribution in [0, 0.1) is 6.92 Å². The van der Waals surface area contributed by atoms with Crippen LogP contribution in [0.1, 0.15) is 61.5 Å². The average molecular weight is 734 g/mol. The molecule has 1 aliphatic rings. The molecule has 1 aliphatic heterocycles. The van der Waals surface area contributed by atoms with Crippen LogP contribution >= 0.6 is 11.3 Å². The molecule has 1 aromatic heterocycles. The van der Waals surface area contributed by atoms with E-state index in [2.05, 4.69) is 38.8 Å². The second-order valence-corrected chi connectivity index (χ2v) is 21.7. The fourth-order valence-corrected chi connectivity index (χ4v) is 8.86. The van der Waals surface area contributed by atoms with E-state index in [-0.39, 0.29) is 26.3 Å². The van der Waals surface area contributed by atoms with Crippen molar-refractivity contribution in [2.75, 3.05) is 26.2 Å². The summed E-state index contributed by atoms with van der Waals surface area (Å²) in [4.78, 5) is 15.9. The van der Waals surface area contributed by atoms with E-state index in [0.29, 0.717) is 34.6 Å². The van der Waals surface area contributed by atoms with Crippen molar-refractivity contribution in [1.82, 2.24) is 4.90 Å². The minimum absolute atomic E-state index is 0.0195. The normalized spacial score (nSPS) is 15.0. The lowest BCUT2D eigenvalue weighted by molar-refractivity contribution is -0.0436. The molecule has 7 nitrogen and oxygen atoms in total. The number of aromatic hydroxyl groups is 1. The Kier molecular flexibility index (Phi) is 10.3. The van der Waals surface area contributed by atoms with E-state index in [1.54, 1.807) is 36.4 Å². The van der Waals surface area contributed by atoms with E-state index in [0.717, 1.165) is 42.6 Å². The maximum Gasteiger partial charge on any atom is 0.501 e. The molecule has 0 saturated carbocycles. The molecule has 0 aliphatic carbocycles. The van der Waals surface area contributed by atoms with E-state index in [1.807, 2.05) is 13.0 Å². The third-order valence-electron chi connectivity index (χ3n) is 9.45. The summed E-state index contributed by atoms with van der Waals surface area (Å²) in [6.07, 6.45) is 3.61. The average Bonchev–Trinajstić information content (AvgIpc) is 3.40. The third kappa shape index (κ3) is 7.69. The first-order chi connectivity index (χ1) is 22.8. The van der Waals surface area contributed by atoms with Crippen LogP contribution in [0.3, 0.4) is 0 Å². The van der Waals surface area contributed by atoms with Gasteiger partial charge in [-0.15, -0.1) is 11.3 Å². The summed E-state index contributed by atoms with van der Waals surface area (Å²) in [6, 6.07) is 13.4. The lowest BCUT2D eigenvalue weighted by atomic mass is 9.95. The first kappa shape index (κ1) is 36.9. The molecule has 3 aromatic carbocycles. The number of phenols is 1. The lowest BCUT2D eigenvalue weighted by Gasteiger charge is -2.36. The van der Waals surface area contributed by atoms with Gasteiger partial charge in [0.1, 0.15) is 23.9 Å². The van der Waals surface area contributed by atoms with Crippen LogP contribution in [0.5, 0.6) is 17.2 Å². The number of halogens is 3. The molecule has 49 heavy (non-hydrogen) atoms. The highest BCUT2D eigenvalue weighted by Crippen LogP contribution is 2.47. The predicted octanol–water partition coefficient (Wildman–Crippen LogP) is 9.36. The van der Waals surface area contributed by atoms with Gasteiger partial charge in [0.2, 0.25) is 8.32 Å². The first-order valence-corrected chi connectivity index (χ1v) is 21.4. The second kappa shape index (κ2) is 13.7. The molecule has 264 valence electrons. The number of hydrogen-bond donors (Lipinski definition) is 1. The Morgan fingerprint density at radius 2 is 1.59 bits per heavy atom. The number of nitrogens with zero attached hydrogens (tertiary/aromatic N) is 1. The number of ether oxygens (including phenoxy) is 1. The van der Waals surface area contributed by atoms with E-state index in [9.17, 15) is 31.5 Å². The van der Waals surface area contributed by atoms with Gasteiger partial charge in [0, 0.05) is 27.1 Å². The predicted molar refractivity (Wildman–Crippen MR) is 190 cm³/mol. The number of rotatable bonds is 10. The Labute approximate surface area is 290 Å². The number of thiophene rings is 1. The lowest BCUT2D eigenvalue weighted by Crippen LogP contribution is -2.43. The Bertz CT molecular complexity index is 1960. The molecule has 1 saturated heterocycles. The van der Waals surface area contributed by atoms with E-state index < -0.39 is 40.1 Å². The maximum absolute atomic E-state index is 14.2. The van der Waals surface area contributed by atoms with Crippen molar-refractivity contribution in [3.05, 3.63) is 71.3 Å². The number of aryl methyl sites for hydroxylation is 1. The fourth-order valence-electron chi connectivity index (χ4n) is 5.60. The van der Waals surface area contributed by atoms with Gasteiger partial charge in [0.15, 0.2) is 5.78 Å². The van der Waals surface area contributed by atoms with Gasteiger partial charge < -0.3 is 14.3 Å². The SMILES string of the molecule is Cc1cc(O[Si](C)(C)C(C)(C)C)ccc1-c1sc2cc(S(=O)(=O)C(F)(F)F)cc(O)c2c1C(=O)c1ccc(OCCN2CCCCC2)cc1. The fraction of sp³-hybridized carbons (Fsp3) is 0.417. The largest absolute Gasteiger partial charge is 0.543 e. The highest BCUT2D eigenvalue weighted by Gasteiger charge is 2.47. The van der Waals surface area contributed by atoms with Crippen molar-refractivity contribution < 1.29 is 40.7 Å². The van der Waals surface area contributed by atoms with Gasteiger partial charge in [-0.25, -0.2) is 8.42 Å². The highest BCUT2D eigenvalue weighted by molar-refractivity contribution is 7.92. The van der Waals surface area contributed by atoms with E-state index >= 15 is 0 Å². The molecule has 0 bridgehead atoms. The number of benzene rings is 3. The number of phenolic OH excluding ortho intramolecular Hbond substituents is 1. The van der Waals surface area contributed by atoms with Gasteiger partial charge >= 0.3 is 5.51 Å². The molecule has 1 fully saturated rings. The number of sulfone groups is 1. The monoisotopic (exact) mass is 733 g/mol. The minimum Gasteiger partial charge on any atom is -0.543 e. The quantitative estimate of drug-likeness (QED) is 0.128. The van der Waals surface area contributed by atoms with Crippen LogP contribution in [0.2, 0.25) is 18.1 Å². The summed E-state index contributed by atoms with van der Waals surface area (Å²) < 4.78 is 77.5. The van der Waals surface area contributed by atoms with Crippen molar-refractivity contribution in [3.8, 4) is 27.7 Å². The van der Waals surface area contributed by atoms with Crippen LogP contribution in [-0.2, 0) is 9.84 Å². The van der Waals surface area contributed by atoms with Crippen molar-refractivity contribution in [3.63, 3.8) is 0 Å². The number of piperidine rings is 1. The molecule has 4 aromatic rings. The van der Waals surface area contributed by atoms with Gasteiger partial charge in [-0.2, -0.15) is 13.2 Å². The second-order valence-electron chi connectivity index (χ2n) is 14.0. The Morgan fingerprint density at radius 3 is 2.18 bits per heavy atom. The summed E-state index contributed by atoms with van der Waals surface area (Å²) in [5, 5.41) is 11.0. The van der Waals surface area contributed by atoms with Gasteiger partial charge in [-0.05, 0) is 117 Å². The Balaban J connectivity index is 1.55. The molecular weight excluding hydrogens is 692 g/mol. The summed E-state index contributed by atoms with van der Waals surface area (Å²) in [5.74, 6) is 0.0179. The van der Waals surface area contributed by atoms with E-state index in [4.69, 9.17) is 9.16 Å².